The third-order valence-electron chi connectivity index (χ3n) is 3.63. The van der Waals surface area contributed by atoms with Crippen LogP contribution in [-0.4, -0.2) is 43.5 Å². The van der Waals surface area contributed by atoms with E-state index in [4.69, 9.17) is 4.74 Å². The molecule has 0 aromatic carbocycles. The molecule has 1 fully saturated rings. The number of carbonyl (C=O) groups is 2. The maximum absolute atomic E-state index is 12.3. The first-order valence-corrected chi connectivity index (χ1v) is 8.16. The van der Waals surface area contributed by atoms with Crippen molar-refractivity contribution in [1.29, 1.82) is 0 Å². The van der Waals surface area contributed by atoms with Gasteiger partial charge in [-0.2, -0.15) is 0 Å². The maximum atomic E-state index is 12.3. The van der Waals surface area contributed by atoms with Crippen molar-refractivity contribution in [3.8, 4) is 0 Å². The number of hydrogen-bond donors (Lipinski definition) is 1. The number of thiophene rings is 1. The summed E-state index contributed by atoms with van der Waals surface area (Å²) in [5, 5.41) is 3.53. The highest BCUT2D eigenvalue weighted by atomic mass is 32.1. The van der Waals surface area contributed by atoms with Crippen molar-refractivity contribution >= 4 is 28.2 Å². The second-order valence-corrected chi connectivity index (χ2v) is 6.40. The number of aryl methyl sites for hydroxylation is 1. The third-order valence-corrected chi connectivity index (χ3v) is 4.82. The number of anilines is 1. The molecule has 21 heavy (non-hydrogen) atoms. The summed E-state index contributed by atoms with van der Waals surface area (Å²) < 4.78 is 5.06. The first-order valence-electron chi connectivity index (χ1n) is 7.34. The molecular weight excluding hydrogens is 288 g/mol. The molecule has 116 valence electrons. The average molecular weight is 310 g/mol. The van der Waals surface area contributed by atoms with E-state index in [2.05, 4.69) is 10.2 Å². The molecule has 0 spiro atoms. The molecule has 1 atom stereocenters. The van der Waals surface area contributed by atoms with Gasteiger partial charge < -0.3 is 15.0 Å². The Labute approximate surface area is 129 Å². The van der Waals surface area contributed by atoms with Crippen molar-refractivity contribution in [2.24, 2.45) is 5.92 Å². The number of amides is 1. The SMILES string of the molecule is CCOC(=O)c1cc(CC)sc1NC(=O)C1CCN(C)C1. The number of rotatable bonds is 5. The van der Waals surface area contributed by atoms with Crippen molar-refractivity contribution in [3.63, 3.8) is 0 Å². The lowest BCUT2D eigenvalue weighted by molar-refractivity contribution is -0.119. The minimum atomic E-state index is -0.368. The van der Waals surface area contributed by atoms with Gasteiger partial charge in [0.05, 0.1) is 18.1 Å². The molecule has 1 aromatic heterocycles. The lowest BCUT2D eigenvalue weighted by atomic mass is 10.1. The van der Waals surface area contributed by atoms with Gasteiger partial charge in [0.25, 0.3) is 0 Å². The number of esters is 1. The smallest absolute Gasteiger partial charge is 0.341 e. The number of hydrogen-bond acceptors (Lipinski definition) is 5. The second-order valence-electron chi connectivity index (χ2n) is 5.27. The van der Waals surface area contributed by atoms with Gasteiger partial charge in [0.15, 0.2) is 0 Å². The summed E-state index contributed by atoms with van der Waals surface area (Å²) in [5.74, 6) is -0.376. The fourth-order valence-electron chi connectivity index (χ4n) is 2.43. The Balaban J connectivity index is 2.12. The van der Waals surface area contributed by atoms with Gasteiger partial charge in [0.2, 0.25) is 5.91 Å². The van der Waals surface area contributed by atoms with Crippen molar-refractivity contribution < 1.29 is 14.3 Å². The van der Waals surface area contributed by atoms with Gasteiger partial charge in [-0.25, -0.2) is 4.79 Å². The Kier molecular flexibility index (Phi) is 5.36. The van der Waals surface area contributed by atoms with Crippen LogP contribution in [0, 0.1) is 5.92 Å². The standard InChI is InChI=1S/C15H22N2O3S/c1-4-11-8-12(15(19)20-5-2)14(21-11)16-13(18)10-6-7-17(3)9-10/h8,10H,4-7,9H2,1-3H3,(H,16,18). The Morgan fingerprint density at radius 2 is 2.24 bits per heavy atom. The highest BCUT2D eigenvalue weighted by Gasteiger charge is 2.28. The Bertz CT molecular complexity index is 527. The molecule has 1 saturated heterocycles. The molecule has 1 N–H and O–H groups in total. The molecule has 2 rings (SSSR count). The minimum Gasteiger partial charge on any atom is -0.462 e. The Hall–Kier alpha value is -1.40. The number of nitrogens with zero attached hydrogens (tertiary/aromatic N) is 1. The topological polar surface area (TPSA) is 58.6 Å². The largest absolute Gasteiger partial charge is 0.462 e. The molecule has 0 aliphatic carbocycles. The molecule has 1 amide bonds. The lowest BCUT2D eigenvalue weighted by Gasteiger charge is -2.11. The Morgan fingerprint density at radius 3 is 2.81 bits per heavy atom. The van der Waals surface area contributed by atoms with Crippen LogP contribution in [-0.2, 0) is 16.0 Å². The van der Waals surface area contributed by atoms with E-state index in [1.807, 2.05) is 20.0 Å². The van der Waals surface area contributed by atoms with Gasteiger partial charge in [-0.3, -0.25) is 4.79 Å². The summed E-state index contributed by atoms with van der Waals surface area (Å²) in [5.41, 5.74) is 0.471. The molecule has 1 unspecified atom stereocenters. The number of ether oxygens (including phenoxy) is 1. The molecule has 1 aliphatic rings. The zero-order valence-corrected chi connectivity index (χ0v) is 13.6. The Morgan fingerprint density at radius 1 is 1.48 bits per heavy atom. The van der Waals surface area contributed by atoms with E-state index in [-0.39, 0.29) is 17.8 Å². The van der Waals surface area contributed by atoms with Gasteiger partial charge in [-0.15, -0.1) is 11.3 Å². The van der Waals surface area contributed by atoms with Crippen LogP contribution in [0.15, 0.2) is 6.07 Å². The molecule has 6 heteroatoms. The molecule has 1 aliphatic heterocycles. The van der Waals surface area contributed by atoms with E-state index in [0.717, 1.165) is 30.8 Å². The quantitative estimate of drug-likeness (QED) is 0.848. The first-order chi connectivity index (χ1) is 10.0. The monoisotopic (exact) mass is 310 g/mol. The summed E-state index contributed by atoms with van der Waals surface area (Å²) in [6, 6.07) is 1.82. The van der Waals surface area contributed by atoms with Crippen molar-refractivity contribution in [3.05, 3.63) is 16.5 Å². The van der Waals surface area contributed by atoms with Crippen LogP contribution in [0.1, 0.15) is 35.5 Å². The number of carbonyl (C=O) groups excluding carboxylic acids is 2. The number of likely N-dealkylation sites (tertiary alicyclic amines) is 1. The zero-order valence-electron chi connectivity index (χ0n) is 12.8. The predicted octanol–water partition coefficient (Wildman–Crippen LogP) is 2.38. The fourth-order valence-corrected chi connectivity index (χ4v) is 3.42. The molecule has 5 nitrogen and oxygen atoms in total. The minimum absolute atomic E-state index is 0.00257. The zero-order chi connectivity index (χ0) is 15.4. The highest BCUT2D eigenvalue weighted by molar-refractivity contribution is 7.16. The van der Waals surface area contributed by atoms with Crippen molar-refractivity contribution in [2.75, 3.05) is 32.1 Å². The first kappa shape index (κ1) is 16.0. The van der Waals surface area contributed by atoms with E-state index in [0.29, 0.717) is 17.2 Å². The van der Waals surface area contributed by atoms with Crippen molar-refractivity contribution in [1.82, 2.24) is 4.90 Å². The molecular formula is C15H22N2O3S. The summed E-state index contributed by atoms with van der Waals surface area (Å²) >= 11 is 1.46. The number of nitrogens with one attached hydrogen (secondary N) is 1. The molecule has 1 aromatic rings. The summed E-state index contributed by atoms with van der Waals surface area (Å²) in [4.78, 5) is 27.5. The van der Waals surface area contributed by atoms with E-state index in [1.165, 1.54) is 11.3 Å². The van der Waals surface area contributed by atoms with Crippen LogP contribution in [0.4, 0.5) is 5.00 Å². The molecule has 0 radical (unpaired) electrons. The van der Waals surface area contributed by atoms with Gasteiger partial charge in [0.1, 0.15) is 5.00 Å². The van der Waals surface area contributed by atoms with Gasteiger partial charge >= 0.3 is 5.97 Å². The van der Waals surface area contributed by atoms with E-state index in [9.17, 15) is 9.59 Å². The highest BCUT2D eigenvalue weighted by Crippen LogP contribution is 2.30. The average Bonchev–Trinajstić information content (AvgIpc) is 3.05. The second kappa shape index (κ2) is 7.04. The summed E-state index contributed by atoms with van der Waals surface area (Å²) in [6.45, 7) is 5.84. The van der Waals surface area contributed by atoms with Gasteiger partial charge in [0, 0.05) is 11.4 Å². The molecule has 2 heterocycles. The summed E-state index contributed by atoms with van der Waals surface area (Å²) in [7, 11) is 2.01. The molecule has 0 bridgehead atoms. The maximum Gasteiger partial charge on any atom is 0.341 e. The van der Waals surface area contributed by atoms with E-state index < -0.39 is 0 Å². The van der Waals surface area contributed by atoms with Crippen LogP contribution in [0.3, 0.4) is 0 Å². The third kappa shape index (κ3) is 3.83. The van der Waals surface area contributed by atoms with Gasteiger partial charge in [-0.1, -0.05) is 6.92 Å². The van der Waals surface area contributed by atoms with Gasteiger partial charge in [-0.05, 0) is 39.4 Å². The van der Waals surface area contributed by atoms with E-state index >= 15 is 0 Å². The fraction of sp³-hybridized carbons (Fsp3) is 0.600. The summed E-state index contributed by atoms with van der Waals surface area (Å²) in [6.07, 6.45) is 1.70. The molecule has 0 saturated carbocycles. The van der Waals surface area contributed by atoms with Crippen LogP contribution in [0.2, 0.25) is 0 Å². The van der Waals surface area contributed by atoms with Crippen molar-refractivity contribution in [2.45, 2.75) is 26.7 Å². The lowest BCUT2D eigenvalue weighted by Crippen LogP contribution is -2.25. The van der Waals surface area contributed by atoms with Crippen LogP contribution >= 0.6 is 11.3 Å². The van der Waals surface area contributed by atoms with Crippen LogP contribution in [0.5, 0.6) is 0 Å². The normalized spacial score (nSPS) is 18.7. The van der Waals surface area contributed by atoms with E-state index in [1.54, 1.807) is 6.92 Å². The van der Waals surface area contributed by atoms with Crippen LogP contribution < -0.4 is 5.32 Å². The predicted molar refractivity (Wildman–Crippen MR) is 83.9 cm³/mol. The van der Waals surface area contributed by atoms with Crippen LogP contribution in [0.25, 0.3) is 0 Å².